The molecule has 0 aliphatic carbocycles. The van der Waals surface area contributed by atoms with E-state index in [0.29, 0.717) is 19.4 Å². The fourth-order valence-electron chi connectivity index (χ4n) is 2.24. The number of rotatable bonds is 6. The molecule has 1 aliphatic rings. The lowest BCUT2D eigenvalue weighted by molar-refractivity contribution is -0.142. The Morgan fingerprint density at radius 1 is 1.47 bits per heavy atom. The Bertz CT molecular complexity index is 368. The van der Waals surface area contributed by atoms with Crippen LogP contribution in [0.2, 0.25) is 0 Å². The van der Waals surface area contributed by atoms with E-state index in [1.807, 2.05) is 20.8 Å². The van der Waals surface area contributed by atoms with Gasteiger partial charge >= 0.3 is 5.97 Å². The summed E-state index contributed by atoms with van der Waals surface area (Å²) >= 11 is 0. The van der Waals surface area contributed by atoms with E-state index >= 15 is 0 Å². The molecule has 1 rings (SSSR count). The van der Waals surface area contributed by atoms with Gasteiger partial charge in [0.2, 0.25) is 11.8 Å². The van der Waals surface area contributed by atoms with Gasteiger partial charge in [0.1, 0.15) is 6.04 Å². The molecule has 6 heteroatoms. The molecular weight excluding hydrogens is 248 g/mol. The first kappa shape index (κ1) is 15.5. The minimum absolute atomic E-state index is 0.0440. The van der Waals surface area contributed by atoms with E-state index in [9.17, 15) is 14.4 Å². The summed E-state index contributed by atoms with van der Waals surface area (Å²) in [4.78, 5) is 36.3. The van der Waals surface area contributed by atoms with Crippen LogP contribution in [0.5, 0.6) is 0 Å². The lowest BCUT2D eigenvalue weighted by Crippen LogP contribution is -2.44. The highest BCUT2D eigenvalue weighted by molar-refractivity contribution is 5.91. The summed E-state index contributed by atoms with van der Waals surface area (Å²) in [6.45, 7) is 6.03. The van der Waals surface area contributed by atoms with Crippen molar-refractivity contribution in [3.8, 4) is 0 Å². The Morgan fingerprint density at radius 3 is 2.53 bits per heavy atom. The van der Waals surface area contributed by atoms with Crippen LogP contribution < -0.4 is 5.32 Å². The SMILES string of the molecule is CCC[C@H](NC(=O)C1CC(=O)N(C(C)C)C1)C(=O)O. The normalized spacial score (nSPS) is 20.7. The number of amides is 2. The fraction of sp³-hybridized carbons (Fsp3) is 0.769. The Hall–Kier alpha value is -1.59. The van der Waals surface area contributed by atoms with Crippen molar-refractivity contribution in [2.75, 3.05) is 6.54 Å². The lowest BCUT2D eigenvalue weighted by atomic mass is 10.1. The molecule has 1 aliphatic heterocycles. The van der Waals surface area contributed by atoms with Gasteiger partial charge in [-0.3, -0.25) is 9.59 Å². The summed E-state index contributed by atoms with van der Waals surface area (Å²) in [5, 5.41) is 11.5. The van der Waals surface area contributed by atoms with E-state index in [2.05, 4.69) is 5.32 Å². The number of carbonyl (C=O) groups excluding carboxylic acids is 2. The first-order valence-electron chi connectivity index (χ1n) is 6.69. The Kier molecular flexibility index (Phi) is 5.32. The average molecular weight is 270 g/mol. The summed E-state index contributed by atoms with van der Waals surface area (Å²) in [7, 11) is 0. The lowest BCUT2D eigenvalue weighted by Gasteiger charge is -2.21. The van der Waals surface area contributed by atoms with Crippen molar-refractivity contribution >= 4 is 17.8 Å². The van der Waals surface area contributed by atoms with Crippen molar-refractivity contribution in [2.45, 2.75) is 52.1 Å². The van der Waals surface area contributed by atoms with Gasteiger partial charge in [-0.25, -0.2) is 4.79 Å². The first-order valence-corrected chi connectivity index (χ1v) is 6.69. The van der Waals surface area contributed by atoms with Crippen molar-refractivity contribution in [3.63, 3.8) is 0 Å². The van der Waals surface area contributed by atoms with Crippen LogP contribution in [-0.2, 0) is 14.4 Å². The quantitative estimate of drug-likeness (QED) is 0.740. The van der Waals surface area contributed by atoms with Crippen LogP contribution in [0, 0.1) is 5.92 Å². The topological polar surface area (TPSA) is 86.7 Å². The van der Waals surface area contributed by atoms with Crippen LogP contribution in [-0.4, -0.2) is 46.4 Å². The van der Waals surface area contributed by atoms with Crippen molar-refractivity contribution in [1.82, 2.24) is 10.2 Å². The highest BCUT2D eigenvalue weighted by atomic mass is 16.4. The van der Waals surface area contributed by atoms with Gasteiger partial charge in [-0.15, -0.1) is 0 Å². The minimum atomic E-state index is -1.03. The number of nitrogens with one attached hydrogen (secondary N) is 1. The molecule has 6 nitrogen and oxygen atoms in total. The number of aliphatic carboxylic acids is 1. The molecule has 0 aromatic rings. The van der Waals surface area contributed by atoms with Gasteiger partial charge < -0.3 is 15.3 Å². The third-order valence-electron chi connectivity index (χ3n) is 3.34. The maximum atomic E-state index is 12.0. The number of hydrogen-bond donors (Lipinski definition) is 2. The highest BCUT2D eigenvalue weighted by Crippen LogP contribution is 2.20. The van der Waals surface area contributed by atoms with E-state index in [4.69, 9.17) is 5.11 Å². The van der Waals surface area contributed by atoms with Crippen LogP contribution in [0.4, 0.5) is 0 Å². The van der Waals surface area contributed by atoms with Gasteiger partial charge in [0.05, 0.1) is 5.92 Å². The van der Waals surface area contributed by atoms with Gasteiger partial charge in [-0.05, 0) is 20.3 Å². The molecule has 2 atom stereocenters. The van der Waals surface area contributed by atoms with E-state index < -0.39 is 17.9 Å². The maximum Gasteiger partial charge on any atom is 0.326 e. The molecule has 1 saturated heterocycles. The van der Waals surface area contributed by atoms with Crippen LogP contribution in [0.15, 0.2) is 0 Å². The van der Waals surface area contributed by atoms with Gasteiger partial charge in [-0.2, -0.15) is 0 Å². The van der Waals surface area contributed by atoms with Crippen molar-refractivity contribution in [3.05, 3.63) is 0 Å². The van der Waals surface area contributed by atoms with Gasteiger partial charge in [-0.1, -0.05) is 13.3 Å². The molecular formula is C13H22N2O4. The molecule has 0 saturated carbocycles. The Balaban J connectivity index is 2.59. The number of hydrogen-bond acceptors (Lipinski definition) is 3. The largest absolute Gasteiger partial charge is 0.480 e. The number of carboxylic acids is 1. The van der Waals surface area contributed by atoms with E-state index in [0.717, 1.165) is 0 Å². The molecule has 1 fully saturated rings. The summed E-state index contributed by atoms with van der Waals surface area (Å²) in [5.41, 5.74) is 0. The summed E-state index contributed by atoms with van der Waals surface area (Å²) < 4.78 is 0. The molecule has 2 amide bonds. The minimum Gasteiger partial charge on any atom is -0.480 e. The second kappa shape index (κ2) is 6.54. The van der Waals surface area contributed by atoms with E-state index in [1.54, 1.807) is 4.90 Å². The molecule has 1 unspecified atom stereocenters. The number of carboxylic acid groups (broad SMARTS) is 1. The molecule has 0 radical (unpaired) electrons. The second-order valence-electron chi connectivity index (χ2n) is 5.23. The van der Waals surface area contributed by atoms with E-state index in [-0.39, 0.29) is 24.3 Å². The van der Waals surface area contributed by atoms with Gasteiger partial charge in [0.15, 0.2) is 0 Å². The first-order chi connectivity index (χ1) is 8.86. The molecule has 0 aromatic heterocycles. The van der Waals surface area contributed by atoms with Crippen molar-refractivity contribution in [1.29, 1.82) is 0 Å². The van der Waals surface area contributed by atoms with Crippen LogP contribution in [0.3, 0.4) is 0 Å². The second-order valence-corrected chi connectivity index (χ2v) is 5.23. The molecule has 19 heavy (non-hydrogen) atoms. The molecule has 1 heterocycles. The maximum absolute atomic E-state index is 12.0. The Morgan fingerprint density at radius 2 is 2.11 bits per heavy atom. The summed E-state index contributed by atoms with van der Waals surface area (Å²) in [5.74, 6) is -1.84. The zero-order chi connectivity index (χ0) is 14.6. The van der Waals surface area contributed by atoms with Gasteiger partial charge in [0, 0.05) is 19.0 Å². The predicted octanol–water partition coefficient (Wildman–Crippen LogP) is 0.613. The zero-order valence-corrected chi connectivity index (χ0v) is 11.7. The third kappa shape index (κ3) is 3.94. The monoisotopic (exact) mass is 270 g/mol. The molecule has 108 valence electrons. The van der Waals surface area contributed by atoms with Crippen molar-refractivity contribution in [2.24, 2.45) is 5.92 Å². The smallest absolute Gasteiger partial charge is 0.326 e. The Labute approximate surface area is 113 Å². The van der Waals surface area contributed by atoms with E-state index in [1.165, 1.54) is 0 Å². The molecule has 0 bridgehead atoms. The zero-order valence-electron chi connectivity index (χ0n) is 11.7. The number of carbonyl (C=O) groups is 3. The predicted molar refractivity (Wildman–Crippen MR) is 69.4 cm³/mol. The summed E-state index contributed by atoms with van der Waals surface area (Å²) in [6.07, 6.45) is 1.25. The molecule has 0 aromatic carbocycles. The van der Waals surface area contributed by atoms with Crippen molar-refractivity contribution < 1.29 is 19.5 Å². The highest BCUT2D eigenvalue weighted by Gasteiger charge is 2.36. The number of nitrogens with zero attached hydrogens (tertiary/aromatic N) is 1. The fourth-order valence-corrected chi connectivity index (χ4v) is 2.24. The van der Waals surface area contributed by atoms with Crippen LogP contribution in [0.25, 0.3) is 0 Å². The molecule has 2 N–H and O–H groups in total. The van der Waals surface area contributed by atoms with Gasteiger partial charge in [0.25, 0.3) is 0 Å². The average Bonchev–Trinajstić information content (AvgIpc) is 2.70. The third-order valence-corrected chi connectivity index (χ3v) is 3.34. The van der Waals surface area contributed by atoms with Crippen LogP contribution >= 0.6 is 0 Å². The van der Waals surface area contributed by atoms with Crippen LogP contribution in [0.1, 0.15) is 40.0 Å². The molecule has 0 spiro atoms. The number of likely N-dealkylation sites (tertiary alicyclic amines) is 1. The standard InChI is InChI=1S/C13H22N2O4/c1-4-5-10(13(18)19)14-12(17)9-6-11(16)15(7-9)8(2)3/h8-10H,4-7H2,1-3H3,(H,14,17)(H,18,19)/t9?,10-/m0/s1. The summed E-state index contributed by atoms with van der Waals surface area (Å²) in [6, 6.07) is -0.795.